The van der Waals surface area contributed by atoms with Crippen LogP contribution in [-0.4, -0.2) is 53.3 Å². The van der Waals surface area contributed by atoms with Gasteiger partial charge in [0.25, 0.3) is 0 Å². The molecular formula is C26H28N2O5. The highest BCUT2D eigenvalue weighted by atomic mass is 16.6. The van der Waals surface area contributed by atoms with Crippen molar-refractivity contribution in [3.8, 4) is 5.88 Å². The molecule has 2 heterocycles. The van der Waals surface area contributed by atoms with Crippen molar-refractivity contribution in [1.82, 2.24) is 9.88 Å². The lowest BCUT2D eigenvalue weighted by molar-refractivity contribution is -0.145. The van der Waals surface area contributed by atoms with Crippen LogP contribution in [0, 0.1) is 0 Å². The third kappa shape index (κ3) is 4.62. The lowest BCUT2D eigenvalue weighted by Gasteiger charge is -2.27. The Balaban J connectivity index is 1.70. The Labute approximate surface area is 192 Å². The largest absolute Gasteiger partial charge is 0.472 e. The van der Waals surface area contributed by atoms with E-state index in [4.69, 9.17) is 19.2 Å². The Bertz CT molecular complexity index is 1230. The number of carbonyl (C=O) groups is 2. The van der Waals surface area contributed by atoms with Crippen LogP contribution in [0.25, 0.3) is 27.8 Å². The second-order valence-electron chi connectivity index (χ2n) is 9.09. The minimum atomic E-state index is -0.787. The Kier molecular flexibility index (Phi) is 5.97. The number of aromatic nitrogens is 1. The van der Waals surface area contributed by atoms with Crippen molar-refractivity contribution < 1.29 is 23.8 Å². The van der Waals surface area contributed by atoms with E-state index in [1.807, 2.05) is 42.5 Å². The van der Waals surface area contributed by atoms with Crippen LogP contribution in [0.3, 0.4) is 0 Å². The standard InChI is InChI=1S/C26H28N2O5/c1-6-16-11-12-18-19-9-7-8-10-21(19)27-23(20(18)13-16)32-17-14-22(24(29)31-5)28(15-17)25(30)33-26(2,3)4/h6-13,17,22H,1,14-15H2,2-5H3/t17-,22+/m1/s1. The van der Waals surface area contributed by atoms with Gasteiger partial charge in [-0.3, -0.25) is 4.90 Å². The van der Waals surface area contributed by atoms with E-state index in [1.165, 1.54) is 12.0 Å². The molecule has 1 fully saturated rings. The number of ether oxygens (including phenoxy) is 3. The maximum atomic E-state index is 12.8. The Morgan fingerprint density at radius 3 is 2.58 bits per heavy atom. The van der Waals surface area contributed by atoms with Crippen molar-refractivity contribution in [2.24, 2.45) is 0 Å². The summed E-state index contributed by atoms with van der Waals surface area (Å²) in [6.07, 6.45) is 1.02. The molecule has 0 bridgehead atoms. The number of benzene rings is 2. The number of rotatable bonds is 4. The third-order valence-electron chi connectivity index (χ3n) is 5.57. The van der Waals surface area contributed by atoms with Gasteiger partial charge in [0.1, 0.15) is 17.7 Å². The van der Waals surface area contributed by atoms with Crippen molar-refractivity contribution in [3.05, 3.63) is 54.6 Å². The highest BCUT2D eigenvalue weighted by molar-refractivity contribution is 6.08. The van der Waals surface area contributed by atoms with E-state index >= 15 is 0 Å². The summed E-state index contributed by atoms with van der Waals surface area (Å²) in [5.41, 5.74) is 1.06. The lowest BCUT2D eigenvalue weighted by atomic mass is 10.0. The van der Waals surface area contributed by atoms with Crippen LogP contribution < -0.4 is 4.74 Å². The first-order valence-corrected chi connectivity index (χ1v) is 10.9. The fraction of sp³-hybridized carbons (Fsp3) is 0.346. The molecule has 1 amide bonds. The molecule has 4 rings (SSSR count). The van der Waals surface area contributed by atoms with E-state index < -0.39 is 29.8 Å². The first kappa shape index (κ1) is 22.6. The van der Waals surface area contributed by atoms with Crippen molar-refractivity contribution in [3.63, 3.8) is 0 Å². The molecule has 0 N–H and O–H groups in total. The van der Waals surface area contributed by atoms with E-state index in [9.17, 15) is 9.59 Å². The lowest BCUT2D eigenvalue weighted by Crippen LogP contribution is -2.44. The number of methoxy groups -OCH3 is 1. The fourth-order valence-corrected chi connectivity index (χ4v) is 4.08. The first-order valence-electron chi connectivity index (χ1n) is 10.9. The van der Waals surface area contributed by atoms with Crippen LogP contribution in [0.15, 0.2) is 49.0 Å². The van der Waals surface area contributed by atoms with Gasteiger partial charge in [-0.2, -0.15) is 0 Å². The molecule has 0 saturated carbocycles. The summed E-state index contributed by atoms with van der Waals surface area (Å²) in [5, 5.41) is 2.87. The molecule has 0 aliphatic carbocycles. The topological polar surface area (TPSA) is 78.0 Å². The van der Waals surface area contributed by atoms with Gasteiger partial charge in [-0.1, -0.05) is 43.0 Å². The van der Waals surface area contributed by atoms with E-state index in [0.29, 0.717) is 5.88 Å². The zero-order chi connectivity index (χ0) is 23.8. The predicted octanol–water partition coefficient (Wildman–Crippen LogP) is 4.96. The second kappa shape index (κ2) is 8.73. The van der Waals surface area contributed by atoms with Crippen molar-refractivity contribution >= 4 is 39.8 Å². The Morgan fingerprint density at radius 2 is 1.88 bits per heavy atom. The normalized spacial score (nSPS) is 18.4. The average molecular weight is 449 g/mol. The Morgan fingerprint density at radius 1 is 1.12 bits per heavy atom. The number of pyridine rings is 1. The van der Waals surface area contributed by atoms with Crippen LogP contribution >= 0.6 is 0 Å². The van der Waals surface area contributed by atoms with Crippen molar-refractivity contribution in [2.45, 2.75) is 44.9 Å². The number of esters is 1. The maximum Gasteiger partial charge on any atom is 0.411 e. The smallest absolute Gasteiger partial charge is 0.411 e. The fourth-order valence-electron chi connectivity index (χ4n) is 4.08. The van der Waals surface area contributed by atoms with Gasteiger partial charge < -0.3 is 14.2 Å². The summed E-state index contributed by atoms with van der Waals surface area (Å²) in [7, 11) is 1.30. The number of nitrogens with zero attached hydrogens (tertiary/aromatic N) is 2. The summed E-state index contributed by atoms with van der Waals surface area (Å²) in [4.78, 5) is 31.3. The third-order valence-corrected chi connectivity index (χ3v) is 5.57. The van der Waals surface area contributed by atoms with E-state index in [-0.39, 0.29) is 13.0 Å². The Hall–Kier alpha value is -3.61. The van der Waals surface area contributed by atoms with Gasteiger partial charge in [-0.05, 0) is 43.9 Å². The van der Waals surface area contributed by atoms with Crippen molar-refractivity contribution in [2.75, 3.05) is 13.7 Å². The molecule has 1 aromatic heterocycles. The van der Waals surface area contributed by atoms with E-state index in [2.05, 4.69) is 6.58 Å². The van der Waals surface area contributed by atoms with Gasteiger partial charge in [0.05, 0.1) is 19.2 Å². The minimum absolute atomic E-state index is 0.186. The highest BCUT2D eigenvalue weighted by Gasteiger charge is 2.43. The van der Waals surface area contributed by atoms with Crippen LogP contribution in [0.4, 0.5) is 4.79 Å². The number of amides is 1. The predicted molar refractivity (Wildman–Crippen MR) is 127 cm³/mol. The first-order chi connectivity index (χ1) is 15.7. The molecule has 7 heteroatoms. The van der Waals surface area contributed by atoms with E-state index in [0.717, 1.165) is 27.2 Å². The number of carbonyl (C=O) groups excluding carboxylic acids is 2. The van der Waals surface area contributed by atoms with Crippen LogP contribution in [0.5, 0.6) is 5.88 Å². The van der Waals surface area contributed by atoms with Crippen LogP contribution in [0.2, 0.25) is 0 Å². The molecule has 3 aromatic rings. The van der Waals surface area contributed by atoms with Crippen molar-refractivity contribution in [1.29, 1.82) is 0 Å². The molecule has 1 aliphatic heterocycles. The molecular weight excluding hydrogens is 420 g/mol. The molecule has 1 aliphatic rings. The molecule has 1 saturated heterocycles. The molecule has 0 unspecified atom stereocenters. The highest BCUT2D eigenvalue weighted by Crippen LogP contribution is 2.34. The van der Waals surface area contributed by atoms with Gasteiger partial charge in [0.15, 0.2) is 0 Å². The van der Waals surface area contributed by atoms with Gasteiger partial charge >= 0.3 is 12.1 Å². The van der Waals surface area contributed by atoms with E-state index in [1.54, 1.807) is 26.8 Å². The average Bonchev–Trinajstić information content (AvgIpc) is 3.21. The number of likely N-dealkylation sites (tertiary alicyclic amines) is 1. The quantitative estimate of drug-likeness (QED) is 0.415. The monoisotopic (exact) mass is 448 g/mol. The number of para-hydroxylation sites is 1. The van der Waals surface area contributed by atoms with Crippen LogP contribution in [0.1, 0.15) is 32.8 Å². The van der Waals surface area contributed by atoms with Gasteiger partial charge in [-0.25, -0.2) is 14.6 Å². The summed E-state index contributed by atoms with van der Waals surface area (Å²) in [5.74, 6) is -0.0516. The second-order valence-corrected chi connectivity index (χ2v) is 9.09. The van der Waals surface area contributed by atoms with Gasteiger partial charge in [0, 0.05) is 17.2 Å². The van der Waals surface area contributed by atoms with Gasteiger partial charge in [-0.15, -0.1) is 0 Å². The molecule has 0 spiro atoms. The number of fused-ring (bicyclic) bond motifs is 3. The van der Waals surface area contributed by atoms with Crippen LogP contribution in [-0.2, 0) is 14.3 Å². The zero-order valence-corrected chi connectivity index (χ0v) is 19.3. The summed E-state index contributed by atoms with van der Waals surface area (Å²) >= 11 is 0. The molecule has 33 heavy (non-hydrogen) atoms. The minimum Gasteiger partial charge on any atom is -0.472 e. The summed E-state index contributed by atoms with van der Waals surface area (Å²) in [6, 6.07) is 13.1. The summed E-state index contributed by atoms with van der Waals surface area (Å²) in [6.45, 7) is 9.39. The molecule has 7 nitrogen and oxygen atoms in total. The van der Waals surface area contributed by atoms with Gasteiger partial charge in [0.2, 0.25) is 5.88 Å². The maximum absolute atomic E-state index is 12.8. The zero-order valence-electron chi connectivity index (χ0n) is 19.3. The summed E-state index contributed by atoms with van der Waals surface area (Å²) < 4.78 is 16.8. The molecule has 2 aromatic carbocycles. The SMILES string of the molecule is C=Cc1ccc2c(c1)c(O[C@@H]1C[C@@H](C(=O)OC)N(C(=O)OC(C)(C)C)C1)nc1ccccc12. The molecule has 172 valence electrons. The number of hydrogen-bond acceptors (Lipinski definition) is 6. The number of hydrogen-bond donors (Lipinski definition) is 0. The molecule has 0 radical (unpaired) electrons. The molecule has 2 atom stereocenters.